The number of aromatic nitrogens is 2. The number of pyridine rings is 2. The lowest BCUT2D eigenvalue weighted by Gasteiger charge is -2.09. The van der Waals surface area contributed by atoms with Crippen molar-refractivity contribution in [3.63, 3.8) is 0 Å². The van der Waals surface area contributed by atoms with Crippen LogP contribution in [-0.4, -0.2) is 15.7 Å². The second-order valence-corrected chi connectivity index (χ2v) is 6.52. The smallest absolute Gasteiger partial charge is 0.0894 e. The molecule has 3 heteroatoms. The molecule has 0 aliphatic rings. The maximum absolute atomic E-state index is 4.86. The van der Waals surface area contributed by atoms with Crippen molar-refractivity contribution in [1.82, 2.24) is 9.97 Å². The van der Waals surface area contributed by atoms with Crippen molar-refractivity contribution in [2.24, 2.45) is 4.99 Å². The molecule has 0 unspecified atom stereocenters. The summed E-state index contributed by atoms with van der Waals surface area (Å²) < 4.78 is 0. The van der Waals surface area contributed by atoms with Crippen LogP contribution in [0.2, 0.25) is 0 Å². The minimum absolute atomic E-state index is 0.869. The van der Waals surface area contributed by atoms with E-state index in [0.717, 1.165) is 34.2 Å². The van der Waals surface area contributed by atoms with Crippen molar-refractivity contribution in [2.75, 3.05) is 0 Å². The number of aliphatic imine (C=N–C) groups is 1. The molecule has 0 bridgehead atoms. The minimum Gasteiger partial charge on any atom is -0.251 e. The van der Waals surface area contributed by atoms with Crippen LogP contribution in [0.5, 0.6) is 0 Å². The topological polar surface area (TPSA) is 38.1 Å². The summed E-state index contributed by atoms with van der Waals surface area (Å²) >= 11 is 0. The largest absolute Gasteiger partial charge is 0.251 e. The van der Waals surface area contributed by atoms with Gasteiger partial charge in [0.2, 0.25) is 0 Å². The third kappa shape index (κ3) is 3.82. The molecule has 0 fully saturated rings. The molecule has 3 rings (SSSR count). The number of hydrogen-bond donors (Lipinski definition) is 0. The molecule has 25 heavy (non-hydrogen) atoms. The summed E-state index contributed by atoms with van der Waals surface area (Å²) in [6.07, 6.45) is 0. The molecule has 0 radical (unpaired) electrons. The van der Waals surface area contributed by atoms with Gasteiger partial charge in [-0.05, 0) is 70.0 Å². The zero-order chi connectivity index (χ0) is 18.0. The molecule has 3 nitrogen and oxygen atoms in total. The van der Waals surface area contributed by atoms with Crippen LogP contribution >= 0.6 is 0 Å². The lowest BCUT2D eigenvalue weighted by Crippen LogP contribution is -2.01. The van der Waals surface area contributed by atoms with Gasteiger partial charge in [0.25, 0.3) is 0 Å². The first-order valence-electron chi connectivity index (χ1n) is 8.48. The van der Waals surface area contributed by atoms with Gasteiger partial charge in [0.1, 0.15) is 0 Å². The highest BCUT2D eigenvalue weighted by Gasteiger charge is 2.07. The van der Waals surface area contributed by atoms with Gasteiger partial charge in [-0.2, -0.15) is 0 Å². The monoisotopic (exact) mass is 329 g/mol. The molecule has 0 saturated carbocycles. The molecule has 3 aromatic rings. The van der Waals surface area contributed by atoms with Gasteiger partial charge in [0.05, 0.1) is 28.5 Å². The fourth-order valence-corrected chi connectivity index (χ4v) is 3.04. The highest BCUT2D eigenvalue weighted by molar-refractivity contribution is 5.99. The van der Waals surface area contributed by atoms with Gasteiger partial charge in [-0.25, -0.2) is 4.98 Å². The van der Waals surface area contributed by atoms with Crippen LogP contribution in [0.15, 0.2) is 53.5 Å². The van der Waals surface area contributed by atoms with E-state index in [4.69, 9.17) is 9.98 Å². The summed E-state index contributed by atoms with van der Waals surface area (Å²) in [4.78, 5) is 14.2. The van der Waals surface area contributed by atoms with Crippen LogP contribution in [0.4, 0.5) is 5.69 Å². The second-order valence-electron chi connectivity index (χ2n) is 6.52. The Balaban J connectivity index is 2.01. The quantitative estimate of drug-likeness (QED) is 0.594. The average Bonchev–Trinajstić information content (AvgIpc) is 2.58. The van der Waals surface area contributed by atoms with Crippen molar-refractivity contribution in [2.45, 2.75) is 34.6 Å². The number of hydrogen-bond acceptors (Lipinski definition) is 3. The Morgan fingerprint density at radius 2 is 1.40 bits per heavy atom. The lowest BCUT2D eigenvalue weighted by atomic mass is 10.1. The Labute approximate surface area is 149 Å². The molecule has 0 N–H and O–H groups in total. The summed E-state index contributed by atoms with van der Waals surface area (Å²) in [5.41, 5.74) is 9.19. The van der Waals surface area contributed by atoms with E-state index in [1.165, 1.54) is 16.7 Å². The molecule has 2 aromatic heterocycles. The van der Waals surface area contributed by atoms with Crippen LogP contribution in [-0.2, 0) is 0 Å². The van der Waals surface area contributed by atoms with Gasteiger partial charge < -0.3 is 0 Å². The molecule has 0 amide bonds. The van der Waals surface area contributed by atoms with E-state index in [1.807, 2.05) is 50.2 Å². The van der Waals surface area contributed by atoms with Crippen LogP contribution in [0.25, 0.3) is 11.4 Å². The van der Waals surface area contributed by atoms with Gasteiger partial charge in [-0.1, -0.05) is 29.8 Å². The molecule has 0 saturated heterocycles. The van der Waals surface area contributed by atoms with Crippen molar-refractivity contribution in [3.05, 3.63) is 76.6 Å². The molecule has 0 aliphatic heterocycles. The van der Waals surface area contributed by atoms with Crippen molar-refractivity contribution in [3.8, 4) is 11.4 Å². The van der Waals surface area contributed by atoms with E-state index in [0.29, 0.717) is 0 Å². The van der Waals surface area contributed by atoms with E-state index >= 15 is 0 Å². The van der Waals surface area contributed by atoms with Crippen molar-refractivity contribution >= 4 is 11.4 Å². The summed E-state index contributed by atoms with van der Waals surface area (Å²) in [7, 11) is 0. The van der Waals surface area contributed by atoms with Gasteiger partial charge in [0.15, 0.2) is 0 Å². The Bertz CT molecular complexity index is 932. The zero-order valence-electron chi connectivity index (χ0n) is 15.5. The summed E-state index contributed by atoms with van der Waals surface area (Å²) in [6.45, 7) is 10.3. The number of rotatable bonds is 3. The predicted molar refractivity (Wildman–Crippen MR) is 105 cm³/mol. The van der Waals surface area contributed by atoms with E-state index < -0.39 is 0 Å². The number of benzene rings is 1. The fraction of sp³-hybridized carbons (Fsp3) is 0.227. The van der Waals surface area contributed by atoms with Crippen molar-refractivity contribution in [1.29, 1.82) is 0 Å². The average molecular weight is 329 g/mol. The first-order valence-corrected chi connectivity index (χ1v) is 8.48. The van der Waals surface area contributed by atoms with E-state index in [2.05, 4.69) is 37.9 Å². The maximum Gasteiger partial charge on any atom is 0.0894 e. The summed E-state index contributed by atoms with van der Waals surface area (Å²) in [6, 6.07) is 16.3. The third-order valence-electron chi connectivity index (χ3n) is 4.19. The van der Waals surface area contributed by atoms with E-state index in [9.17, 15) is 0 Å². The van der Waals surface area contributed by atoms with Gasteiger partial charge >= 0.3 is 0 Å². The predicted octanol–water partition coefficient (Wildman–Crippen LogP) is 5.52. The molecule has 1 aromatic carbocycles. The van der Waals surface area contributed by atoms with Crippen LogP contribution in [0.3, 0.4) is 0 Å². The number of nitrogens with zero attached hydrogens (tertiary/aromatic N) is 3. The second kappa shape index (κ2) is 6.98. The standard InChI is InChI=1S/C22H23N3/c1-14-12-15(2)22(16(3)13-14)24-18(5)19-9-7-11-21(25-19)20-10-6-8-17(4)23-20/h6-13H,1-5H3. The zero-order valence-corrected chi connectivity index (χ0v) is 15.5. The molecular formula is C22H23N3. The van der Waals surface area contributed by atoms with Gasteiger partial charge in [-0.15, -0.1) is 0 Å². The molecule has 0 atom stereocenters. The molecule has 126 valence electrons. The Morgan fingerprint density at radius 1 is 0.800 bits per heavy atom. The van der Waals surface area contributed by atoms with Gasteiger partial charge in [-0.3, -0.25) is 9.98 Å². The SMILES string of the molecule is CC(=Nc1c(C)cc(C)cc1C)c1cccc(-c2cccc(C)n2)n1. The number of aryl methyl sites for hydroxylation is 4. The first kappa shape index (κ1) is 17.0. The van der Waals surface area contributed by atoms with E-state index in [-0.39, 0.29) is 0 Å². The van der Waals surface area contributed by atoms with E-state index in [1.54, 1.807) is 0 Å². The highest BCUT2D eigenvalue weighted by atomic mass is 14.8. The third-order valence-corrected chi connectivity index (χ3v) is 4.19. The van der Waals surface area contributed by atoms with Crippen LogP contribution in [0, 0.1) is 27.7 Å². The van der Waals surface area contributed by atoms with Crippen LogP contribution < -0.4 is 0 Å². The molecule has 0 spiro atoms. The molecule has 2 heterocycles. The first-order chi connectivity index (χ1) is 11.9. The summed E-state index contributed by atoms with van der Waals surface area (Å²) in [5, 5.41) is 0. The lowest BCUT2D eigenvalue weighted by molar-refractivity contribution is 1.17. The van der Waals surface area contributed by atoms with Gasteiger partial charge in [0, 0.05) is 5.69 Å². The highest BCUT2D eigenvalue weighted by Crippen LogP contribution is 2.26. The Hall–Kier alpha value is -2.81. The van der Waals surface area contributed by atoms with Crippen LogP contribution in [0.1, 0.15) is 35.0 Å². The summed E-state index contributed by atoms with van der Waals surface area (Å²) in [5.74, 6) is 0. The molecular weight excluding hydrogens is 306 g/mol. The normalized spacial score (nSPS) is 11.6. The minimum atomic E-state index is 0.869. The fourth-order valence-electron chi connectivity index (χ4n) is 3.04. The molecule has 0 aliphatic carbocycles. The Morgan fingerprint density at radius 3 is 2.04 bits per heavy atom. The van der Waals surface area contributed by atoms with Crippen molar-refractivity contribution < 1.29 is 0 Å². The Kier molecular flexibility index (Phi) is 4.75. The maximum atomic E-state index is 4.86.